The zero-order valence-electron chi connectivity index (χ0n) is 9.47. The van der Waals surface area contributed by atoms with Crippen molar-refractivity contribution < 1.29 is 5.11 Å². The van der Waals surface area contributed by atoms with E-state index in [0.29, 0.717) is 12.6 Å². The summed E-state index contributed by atoms with van der Waals surface area (Å²) in [6.45, 7) is 6.73. The minimum atomic E-state index is -0.547. The van der Waals surface area contributed by atoms with Gasteiger partial charge in [0.2, 0.25) is 0 Å². The van der Waals surface area contributed by atoms with Gasteiger partial charge < -0.3 is 15.7 Å². The van der Waals surface area contributed by atoms with E-state index in [-0.39, 0.29) is 0 Å². The maximum Gasteiger partial charge on any atom is 0.0741 e. The lowest BCUT2D eigenvalue weighted by molar-refractivity contribution is 0.0552. The van der Waals surface area contributed by atoms with Crippen LogP contribution in [0, 0.1) is 0 Å². The van der Waals surface area contributed by atoms with Gasteiger partial charge >= 0.3 is 0 Å². The minimum absolute atomic E-state index is 0.547. The van der Waals surface area contributed by atoms with Gasteiger partial charge in [-0.1, -0.05) is 13.3 Å². The van der Waals surface area contributed by atoms with Gasteiger partial charge in [-0.3, -0.25) is 0 Å². The van der Waals surface area contributed by atoms with E-state index >= 15 is 0 Å². The van der Waals surface area contributed by atoms with Crippen molar-refractivity contribution in [3.8, 4) is 0 Å². The highest BCUT2D eigenvalue weighted by Crippen LogP contribution is 2.08. The molecule has 1 aliphatic rings. The Morgan fingerprint density at radius 1 is 1.50 bits per heavy atom. The first-order valence-corrected chi connectivity index (χ1v) is 5.80. The van der Waals surface area contributed by atoms with E-state index in [1.54, 1.807) is 0 Å². The quantitative estimate of drug-likeness (QED) is 0.617. The molecule has 0 saturated carbocycles. The molecule has 0 aromatic heterocycles. The summed E-state index contributed by atoms with van der Waals surface area (Å²) in [5.41, 5.74) is -0.547. The van der Waals surface area contributed by atoms with E-state index in [1.807, 2.05) is 13.8 Å². The fourth-order valence-corrected chi connectivity index (χ4v) is 1.74. The average molecular weight is 200 g/mol. The lowest BCUT2D eigenvalue weighted by Gasteiger charge is -2.27. The largest absolute Gasteiger partial charge is 0.389 e. The number of aliphatic hydroxyl groups is 1. The van der Waals surface area contributed by atoms with Gasteiger partial charge in [0, 0.05) is 19.1 Å². The molecule has 14 heavy (non-hydrogen) atoms. The van der Waals surface area contributed by atoms with Crippen LogP contribution < -0.4 is 10.6 Å². The fraction of sp³-hybridized carbons (Fsp3) is 1.00. The third-order valence-electron chi connectivity index (χ3n) is 3.07. The molecule has 0 spiro atoms. The van der Waals surface area contributed by atoms with Crippen molar-refractivity contribution in [1.82, 2.24) is 10.6 Å². The minimum Gasteiger partial charge on any atom is -0.389 e. The van der Waals surface area contributed by atoms with Crippen molar-refractivity contribution in [2.45, 2.75) is 51.2 Å². The van der Waals surface area contributed by atoms with Crippen LogP contribution in [0.25, 0.3) is 0 Å². The summed E-state index contributed by atoms with van der Waals surface area (Å²) in [4.78, 5) is 0. The molecule has 1 rings (SSSR count). The predicted molar refractivity (Wildman–Crippen MR) is 59.4 cm³/mol. The van der Waals surface area contributed by atoms with Crippen LogP contribution in [-0.2, 0) is 0 Å². The second kappa shape index (κ2) is 5.69. The Hall–Kier alpha value is -0.120. The number of hydrogen-bond acceptors (Lipinski definition) is 3. The maximum atomic E-state index is 9.77. The molecule has 1 fully saturated rings. The summed E-state index contributed by atoms with van der Waals surface area (Å²) < 4.78 is 0. The highest BCUT2D eigenvalue weighted by atomic mass is 16.3. The molecule has 84 valence electrons. The smallest absolute Gasteiger partial charge is 0.0741 e. The summed E-state index contributed by atoms with van der Waals surface area (Å²) in [6, 6.07) is 0.608. The van der Waals surface area contributed by atoms with Crippen molar-refractivity contribution in [3.05, 3.63) is 0 Å². The molecule has 3 N–H and O–H groups in total. The van der Waals surface area contributed by atoms with Gasteiger partial charge in [0.15, 0.2) is 0 Å². The van der Waals surface area contributed by atoms with E-state index in [0.717, 1.165) is 19.5 Å². The van der Waals surface area contributed by atoms with Crippen LogP contribution in [0.15, 0.2) is 0 Å². The molecule has 0 aliphatic carbocycles. The Morgan fingerprint density at radius 3 is 2.86 bits per heavy atom. The van der Waals surface area contributed by atoms with Crippen molar-refractivity contribution in [2.24, 2.45) is 0 Å². The SMILES string of the molecule is CCC(C)(O)CNCC1CCCCN1. The van der Waals surface area contributed by atoms with E-state index in [4.69, 9.17) is 0 Å². The third-order valence-corrected chi connectivity index (χ3v) is 3.07. The molecule has 1 heterocycles. The number of rotatable bonds is 5. The van der Waals surface area contributed by atoms with Crippen LogP contribution in [0.2, 0.25) is 0 Å². The van der Waals surface area contributed by atoms with Crippen molar-refractivity contribution >= 4 is 0 Å². The first-order chi connectivity index (χ1) is 6.64. The van der Waals surface area contributed by atoms with E-state index < -0.39 is 5.60 Å². The maximum absolute atomic E-state index is 9.77. The summed E-state index contributed by atoms with van der Waals surface area (Å²) in [5.74, 6) is 0. The second-order valence-corrected chi connectivity index (χ2v) is 4.63. The Bertz CT molecular complexity index is 153. The standard InChI is InChI=1S/C11H24N2O/c1-3-11(2,14)9-12-8-10-6-4-5-7-13-10/h10,12-14H,3-9H2,1-2H3. The van der Waals surface area contributed by atoms with Gasteiger partial charge in [0.25, 0.3) is 0 Å². The van der Waals surface area contributed by atoms with Crippen LogP contribution in [0.3, 0.4) is 0 Å². The molecular weight excluding hydrogens is 176 g/mol. The van der Waals surface area contributed by atoms with Crippen LogP contribution in [0.4, 0.5) is 0 Å². The molecule has 3 heteroatoms. The normalized spacial score (nSPS) is 27.2. The molecular formula is C11H24N2O. The lowest BCUT2D eigenvalue weighted by atomic mass is 10.0. The molecule has 0 amide bonds. The summed E-state index contributed by atoms with van der Waals surface area (Å²) in [5, 5.41) is 16.6. The molecule has 0 radical (unpaired) electrons. The molecule has 0 aromatic carbocycles. The summed E-state index contributed by atoms with van der Waals surface area (Å²) in [6.07, 6.45) is 4.71. The molecule has 3 nitrogen and oxygen atoms in total. The van der Waals surface area contributed by atoms with Gasteiger partial charge in [-0.15, -0.1) is 0 Å². The highest BCUT2D eigenvalue weighted by Gasteiger charge is 2.18. The van der Waals surface area contributed by atoms with Crippen LogP contribution in [0.1, 0.15) is 39.5 Å². The van der Waals surface area contributed by atoms with E-state index in [1.165, 1.54) is 19.3 Å². The first-order valence-electron chi connectivity index (χ1n) is 5.80. The van der Waals surface area contributed by atoms with E-state index in [9.17, 15) is 5.11 Å². The van der Waals surface area contributed by atoms with E-state index in [2.05, 4.69) is 10.6 Å². The van der Waals surface area contributed by atoms with Gasteiger partial charge in [0.1, 0.15) is 0 Å². The van der Waals surface area contributed by atoms with Crippen molar-refractivity contribution in [2.75, 3.05) is 19.6 Å². The Balaban J connectivity index is 2.08. The topological polar surface area (TPSA) is 44.3 Å². The van der Waals surface area contributed by atoms with Crippen LogP contribution >= 0.6 is 0 Å². The van der Waals surface area contributed by atoms with Crippen molar-refractivity contribution in [1.29, 1.82) is 0 Å². The summed E-state index contributed by atoms with van der Waals surface area (Å²) >= 11 is 0. The zero-order valence-corrected chi connectivity index (χ0v) is 9.47. The van der Waals surface area contributed by atoms with Crippen molar-refractivity contribution in [3.63, 3.8) is 0 Å². The average Bonchev–Trinajstić information content (AvgIpc) is 2.19. The Morgan fingerprint density at radius 2 is 2.29 bits per heavy atom. The molecule has 1 aliphatic heterocycles. The van der Waals surface area contributed by atoms with Gasteiger partial charge in [-0.05, 0) is 32.7 Å². The molecule has 2 atom stereocenters. The molecule has 0 bridgehead atoms. The van der Waals surface area contributed by atoms with Gasteiger partial charge in [0.05, 0.1) is 5.60 Å². The molecule has 1 saturated heterocycles. The Kier molecular flexibility index (Phi) is 4.85. The molecule has 0 aromatic rings. The zero-order chi connectivity index (χ0) is 10.4. The third kappa shape index (κ3) is 4.40. The van der Waals surface area contributed by atoms with Gasteiger partial charge in [-0.25, -0.2) is 0 Å². The lowest BCUT2D eigenvalue weighted by Crippen LogP contribution is -2.45. The summed E-state index contributed by atoms with van der Waals surface area (Å²) in [7, 11) is 0. The number of nitrogens with one attached hydrogen (secondary N) is 2. The Labute approximate surface area is 87.3 Å². The van der Waals surface area contributed by atoms with Crippen LogP contribution in [-0.4, -0.2) is 36.4 Å². The number of piperidine rings is 1. The second-order valence-electron chi connectivity index (χ2n) is 4.63. The highest BCUT2D eigenvalue weighted by molar-refractivity contribution is 4.78. The van der Waals surface area contributed by atoms with Gasteiger partial charge in [-0.2, -0.15) is 0 Å². The fourth-order valence-electron chi connectivity index (χ4n) is 1.74. The molecule has 2 unspecified atom stereocenters. The first kappa shape index (κ1) is 12.0. The predicted octanol–water partition coefficient (Wildman–Crippen LogP) is 0.879. The number of hydrogen-bond donors (Lipinski definition) is 3. The monoisotopic (exact) mass is 200 g/mol. The van der Waals surface area contributed by atoms with Crippen LogP contribution in [0.5, 0.6) is 0 Å².